The SMILES string of the molecule is CC[N+](CC)=c1ccc2c(C(C)(C)C)cc(C=CC=C3N(CCCCCC(=O)On4c(O)ccc4O)c4ccc(S(=O)(=O)O)cc4C3(C)CCOCCOCCOCCOC)oc-2c1. The van der Waals surface area contributed by atoms with Gasteiger partial charge in [0.1, 0.15) is 24.6 Å². The zero-order valence-electron chi connectivity index (χ0n) is 38.3. The van der Waals surface area contributed by atoms with Gasteiger partial charge in [0.15, 0.2) is 0 Å². The van der Waals surface area contributed by atoms with Crippen LogP contribution >= 0.6 is 0 Å². The van der Waals surface area contributed by atoms with Crippen LogP contribution in [0.25, 0.3) is 17.4 Å². The van der Waals surface area contributed by atoms with Gasteiger partial charge in [-0.1, -0.05) is 33.3 Å². The Kier molecular flexibility index (Phi) is 17.8. The van der Waals surface area contributed by atoms with Crippen molar-refractivity contribution >= 4 is 27.9 Å². The van der Waals surface area contributed by atoms with Crippen LogP contribution in [-0.2, 0) is 44.7 Å². The Morgan fingerprint density at radius 2 is 1.52 bits per heavy atom. The molecule has 16 heteroatoms. The fourth-order valence-electron chi connectivity index (χ4n) is 7.93. The summed E-state index contributed by atoms with van der Waals surface area (Å²) in [5.41, 5.74) is 3.65. The van der Waals surface area contributed by atoms with E-state index in [0.717, 1.165) is 52.3 Å². The molecule has 350 valence electrons. The smallest absolute Gasteiger partial charge is 0.333 e. The maximum atomic E-state index is 12.6. The molecule has 0 radical (unpaired) electrons. The minimum absolute atomic E-state index is 0.0542. The Hall–Kier alpha value is -4.97. The lowest BCUT2D eigenvalue weighted by molar-refractivity contribution is -0.145. The number of methoxy groups -OCH3 is 1. The third-order valence-electron chi connectivity index (χ3n) is 11.4. The van der Waals surface area contributed by atoms with Crippen molar-refractivity contribution in [1.82, 2.24) is 9.31 Å². The molecule has 1 aliphatic carbocycles. The van der Waals surface area contributed by atoms with E-state index in [1.165, 1.54) is 18.2 Å². The van der Waals surface area contributed by atoms with E-state index in [0.29, 0.717) is 89.0 Å². The molecule has 2 aliphatic heterocycles. The normalized spacial score (nSPS) is 16.1. The second-order valence-electron chi connectivity index (χ2n) is 16.9. The molecule has 0 amide bonds. The summed E-state index contributed by atoms with van der Waals surface area (Å²) in [7, 11) is -2.90. The van der Waals surface area contributed by atoms with Crippen molar-refractivity contribution in [3.63, 3.8) is 0 Å². The first kappa shape index (κ1) is 50.0. The fraction of sp³-hybridized carbons (Fsp3) is 0.500. The van der Waals surface area contributed by atoms with Crippen LogP contribution in [0.4, 0.5) is 5.69 Å². The highest BCUT2D eigenvalue weighted by Crippen LogP contribution is 2.51. The highest BCUT2D eigenvalue weighted by atomic mass is 32.2. The lowest BCUT2D eigenvalue weighted by atomic mass is 9.78. The van der Waals surface area contributed by atoms with Crippen molar-refractivity contribution < 1.29 is 56.2 Å². The second-order valence-corrected chi connectivity index (χ2v) is 18.3. The third-order valence-corrected chi connectivity index (χ3v) is 12.3. The summed E-state index contributed by atoms with van der Waals surface area (Å²) in [6.07, 6.45) is 8.20. The lowest BCUT2D eigenvalue weighted by Gasteiger charge is -2.30. The number of fused-ring (bicyclic) bond motifs is 2. The molecule has 15 nitrogen and oxygen atoms in total. The van der Waals surface area contributed by atoms with Gasteiger partial charge < -0.3 is 43.3 Å². The van der Waals surface area contributed by atoms with Gasteiger partial charge in [-0.25, -0.2) is 9.37 Å². The summed E-state index contributed by atoms with van der Waals surface area (Å²) < 4.78 is 66.9. The number of nitrogens with zero attached hydrogens (tertiary/aromatic N) is 3. The molecule has 1 atom stereocenters. The van der Waals surface area contributed by atoms with E-state index < -0.39 is 33.3 Å². The van der Waals surface area contributed by atoms with Crippen molar-refractivity contribution in [2.24, 2.45) is 0 Å². The maximum Gasteiger partial charge on any atom is 0.333 e. The van der Waals surface area contributed by atoms with Crippen molar-refractivity contribution in [2.75, 3.05) is 77.9 Å². The number of rotatable bonds is 24. The number of ether oxygens (including phenoxy) is 4. The Bertz CT molecular complexity index is 2370. The van der Waals surface area contributed by atoms with Crippen LogP contribution in [0.5, 0.6) is 11.8 Å². The number of aromatic hydroxyl groups is 2. The predicted molar refractivity (Wildman–Crippen MR) is 245 cm³/mol. The number of allylic oxidation sites excluding steroid dienone is 3. The zero-order chi connectivity index (χ0) is 46.5. The monoisotopic (exact) mass is 908 g/mol. The maximum absolute atomic E-state index is 12.6. The minimum Gasteiger partial charge on any atom is -0.492 e. The fourth-order valence-corrected chi connectivity index (χ4v) is 8.44. The van der Waals surface area contributed by atoms with Gasteiger partial charge in [-0.3, -0.25) is 4.55 Å². The molecular weight excluding hydrogens is 843 g/mol. The number of anilines is 1. The Labute approximate surface area is 377 Å². The molecule has 1 unspecified atom stereocenters. The summed E-state index contributed by atoms with van der Waals surface area (Å²) in [5.74, 6) is 0.0667. The molecule has 3 aliphatic rings. The Balaban J connectivity index is 1.45. The molecule has 0 fully saturated rings. The van der Waals surface area contributed by atoms with Crippen molar-refractivity contribution in [1.29, 1.82) is 0 Å². The summed E-state index contributed by atoms with van der Waals surface area (Å²) in [6, 6.07) is 15.6. The van der Waals surface area contributed by atoms with Crippen LogP contribution in [0.15, 0.2) is 81.8 Å². The number of hydrogen-bond donors (Lipinski definition) is 3. The van der Waals surface area contributed by atoms with Gasteiger partial charge >= 0.3 is 5.97 Å². The summed E-state index contributed by atoms with van der Waals surface area (Å²) in [6.45, 7) is 18.0. The van der Waals surface area contributed by atoms with E-state index in [-0.39, 0.29) is 16.7 Å². The van der Waals surface area contributed by atoms with E-state index in [2.05, 4.69) is 68.4 Å². The lowest BCUT2D eigenvalue weighted by Crippen LogP contribution is -2.30. The molecular formula is C48H66N3O12S+. The van der Waals surface area contributed by atoms with Crippen molar-refractivity contribution in [3.8, 4) is 23.1 Å². The average Bonchev–Trinajstić information content (AvgIpc) is 3.68. The largest absolute Gasteiger partial charge is 0.492 e. The van der Waals surface area contributed by atoms with Crippen LogP contribution < -0.4 is 19.7 Å². The quantitative estimate of drug-likeness (QED) is 0.0374. The predicted octanol–water partition coefficient (Wildman–Crippen LogP) is 6.93. The van der Waals surface area contributed by atoms with Crippen molar-refractivity contribution in [3.05, 3.63) is 94.7 Å². The Morgan fingerprint density at radius 1 is 0.859 bits per heavy atom. The van der Waals surface area contributed by atoms with E-state index in [4.69, 9.17) is 28.2 Å². The second kappa shape index (κ2) is 22.8. The minimum atomic E-state index is -4.52. The van der Waals surface area contributed by atoms with Gasteiger partial charge in [0, 0.05) is 67.2 Å². The molecule has 1 aromatic heterocycles. The number of hydrogen-bond acceptors (Lipinski definition) is 12. The number of unbranched alkanes of at least 4 members (excludes halogenated alkanes) is 2. The molecule has 0 bridgehead atoms. The van der Waals surface area contributed by atoms with Crippen molar-refractivity contribution in [2.45, 2.75) is 89.4 Å². The van der Waals surface area contributed by atoms with Gasteiger partial charge in [-0.05, 0) is 99.1 Å². The molecule has 64 heavy (non-hydrogen) atoms. The van der Waals surface area contributed by atoms with E-state index >= 15 is 0 Å². The first-order valence-electron chi connectivity index (χ1n) is 22.0. The van der Waals surface area contributed by atoms with Crippen LogP contribution in [0.3, 0.4) is 0 Å². The number of carbonyl (C=O) groups is 1. The first-order valence-corrected chi connectivity index (χ1v) is 23.4. The molecule has 1 aromatic carbocycles. The van der Waals surface area contributed by atoms with E-state index in [1.54, 1.807) is 19.2 Å². The summed E-state index contributed by atoms with van der Waals surface area (Å²) in [4.78, 5) is 19.6. The van der Waals surface area contributed by atoms with Gasteiger partial charge in [0.2, 0.25) is 17.1 Å². The topological polar surface area (TPSA) is 182 Å². The van der Waals surface area contributed by atoms with Crippen LogP contribution in [-0.4, -0.2) is 107 Å². The highest BCUT2D eigenvalue weighted by Gasteiger charge is 2.43. The van der Waals surface area contributed by atoms with Gasteiger partial charge in [-0.15, -0.1) is 4.73 Å². The number of aromatic nitrogens is 1. The molecule has 0 spiro atoms. The molecule has 0 saturated carbocycles. The Morgan fingerprint density at radius 3 is 2.14 bits per heavy atom. The molecule has 2 aromatic rings. The molecule has 3 heterocycles. The molecule has 3 N–H and O–H groups in total. The van der Waals surface area contributed by atoms with Gasteiger partial charge in [0.05, 0.1) is 50.6 Å². The van der Waals surface area contributed by atoms with Crippen LogP contribution in [0, 0.1) is 0 Å². The summed E-state index contributed by atoms with van der Waals surface area (Å²) in [5, 5.41) is 20.8. The van der Waals surface area contributed by atoms with Crippen LogP contribution in [0.1, 0.15) is 90.5 Å². The summed E-state index contributed by atoms with van der Waals surface area (Å²) >= 11 is 0. The van der Waals surface area contributed by atoms with Crippen LogP contribution in [0.2, 0.25) is 0 Å². The highest BCUT2D eigenvalue weighted by molar-refractivity contribution is 7.85. The van der Waals surface area contributed by atoms with E-state index in [9.17, 15) is 28.0 Å². The van der Waals surface area contributed by atoms with E-state index in [1.807, 2.05) is 25.2 Å². The standard InChI is InChI=1S/C48H65N3O12S/c1-8-49(9-2)35-17-19-38-39(47(3,4)5)33-36(62-42(38)32-35)14-13-15-43-48(6,23-25-59-28-29-61-31-30-60-27-26-58-7)40-34-37(64(55,56)57)18-20-41(40)50(43)24-12-10-11-16-46(54)63-51-44(52)21-22-45(51)53/h13-15,17-22,32-34H,8-12,16,23-31H2,1-7H3,(H2-,52,53,55,56,57)/p+1. The van der Waals surface area contributed by atoms with Gasteiger partial charge in [0.25, 0.3) is 10.1 Å². The zero-order valence-corrected chi connectivity index (χ0v) is 39.1. The number of benzene rings is 2. The van der Waals surface area contributed by atoms with Gasteiger partial charge in [-0.2, -0.15) is 8.42 Å². The number of carbonyl (C=O) groups excluding carboxylic acids is 1. The average molecular weight is 909 g/mol. The first-order chi connectivity index (χ1) is 30.5. The third kappa shape index (κ3) is 12.9. The molecule has 0 saturated heterocycles. The molecule has 5 rings (SSSR count).